The van der Waals surface area contributed by atoms with Crippen LogP contribution in [0.4, 0.5) is 10.1 Å². The Hall–Kier alpha value is -3.51. The molecule has 0 aliphatic heterocycles. The smallest absolute Gasteiger partial charge is 0.275 e. The van der Waals surface area contributed by atoms with Crippen LogP contribution in [0.3, 0.4) is 0 Å². The van der Waals surface area contributed by atoms with Gasteiger partial charge in [-0.15, -0.1) is 11.3 Å². The molecule has 0 saturated heterocycles. The molecule has 0 aliphatic rings. The molecule has 3 aromatic carbocycles. The molecular formula is C23H17FN2O2S. The summed E-state index contributed by atoms with van der Waals surface area (Å²) in [5, 5.41) is 5.25. The number of para-hydroxylation sites is 2. The highest BCUT2D eigenvalue weighted by atomic mass is 32.1. The maximum absolute atomic E-state index is 13.1. The first-order valence-electron chi connectivity index (χ1n) is 8.97. The molecule has 1 aromatic heterocycles. The summed E-state index contributed by atoms with van der Waals surface area (Å²) in [5.74, 6) is 0.114. The topological polar surface area (TPSA) is 51.2 Å². The Balaban J connectivity index is 1.50. The number of aromatic nitrogens is 1. The van der Waals surface area contributed by atoms with E-state index in [1.165, 1.54) is 23.5 Å². The fourth-order valence-corrected chi connectivity index (χ4v) is 3.56. The minimum absolute atomic E-state index is 0.261. The van der Waals surface area contributed by atoms with E-state index in [4.69, 9.17) is 4.74 Å². The van der Waals surface area contributed by atoms with Crippen molar-refractivity contribution in [3.8, 4) is 16.3 Å². The van der Waals surface area contributed by atoms with E-state index >= 15 is 0 Å². The maximum atomic E-state index is 13.1. The zero-order valence-corrected chi connectivity index (χ0v) is 16.2. The van der Waals surface area contributed by atoms with Gasteiger partial charge in [0.15, 0.2) is 0 Å². The number of benzene rings is 3. The molecule has 0 saturated carbocycles. The Morgan fingerprint density at radius 2 is 1.69 bits per heavy atom. The first-order valence-corrected chi connectivity index (χ1v) is 9.85. The van der Waals surface area contributed by atoms with Crippen molar-refractivity contribution in [1.29, 1.82) is 0 Å². The molecular weight excluding hydrogens is 387 g/mol. The number of anilines is 1. The number of rotatable bonds is 6. The van der Waals surface area contributed by atoms with E-state index in [-0.39, 0.29) is 11.7 Å². The standard InChI is InChI=1S/C23H17FN2O2S/c24-17-12-10-16(11-13-17)14-28-21-9-5-4-8-19(21)23-26-20(15-29-23)22(27)25-18-6-2-1-3-7-18/h1-13,15H,14H2,(H,25,27). The summed E-state index contributed by atoms with van der Waals surface area (Å²) >= 11 is 1.38. The second-order valence-electron chi connectivity index (χ2n) is 6.27. The Morgan fingerprint density at radius 1 is 0.966 bits per heavy atom. The van der Waals surface area contributed by atoms with Gasteiger partial charge in [-0.3, -0.25) is 4.79 Å². The van der Waals surface area contributed by atoms with Crippen LogP contribution in [0.5, 0.6) is 5.75 Å². The van der Waals surface area contributed by atoms with E-state index in [9.17, 15) is 9.18 Å². The molecule has 1 amide bonds. The third-order valence-electron chi connectivity index (χ3n) is 4.19. The monoisotopic (exact) mass is 404 g/mol. The number of thiazole rings is 1. The van der Waals surface area contributed by atoms with E-state index in [1.54, 1.807) is 17.5 Å². The predicted molar refractivity (Wildman–Crippen MR) is 113 cm³/mol. The van der Waals surface area contributed by atoms with E-state index in [0.717, 1.165) is 16.8 Å². The summed E-state index contributed by atoms with van der Waals surface area (Å²) in [6, 6.07) is 23.0. The van der Waals surface area contributed by atoms with Crippen molar-refractivity contribution in [1.82, 2.24) is 4.98 Å². The van der Waals surface area contributed by atoms with Crippen molar-refractivity contribution in [3.05, 3.63) is 101 Å². The first-order chi connectivity index (χ1) is 14.2. The molecule has 0 unspecified atom stereocenters. The molecule has 0 bridgehead atoms. The fraction of sp³-hybridized carbons (Fsp3) is 0.0435. The minimum Gasteiger partial charge on any atom is -0.488 e. The molecule has 6 heteroatoms. The predicted octanol–water partition coefficient (Wildman–Crippen LogP) is 5.78. The first kappa shape index (κ1) is 18.8. The average molecular weight is 404 g/mol. The molecule has 4 nitrogen and oxygen atoms in total. The lowest BCUT2D eigenvalue weighted by molar-refractivity contribution is 0.102. The van der Waals surface area contributed by atoms with Crippen LogP contribution in [0, 0.1) is 5.82 Å². The van der Waals surface area contributed by atoms with Gasteiger partial charge in [0.25, 0.3) is 5.91 Å². The lowest BCUT2D eigenvalue weighted by Crippen LogP contribution is -2.12. The SMILES string of the molecule is O=C(Nc1ccccc1)c1csc(-c2ccccc2OCc2ccc(F)cc2)n1. The quantitative estimate of drug-likeness (QED) is 0.443. The summed E-state index contributed by atoms with van der Waals surface area (Å²) < 4.78 is 19.0. The molecule has 0 spiro atoms. The van der Waals surface area contributed by atoms with E-state index < -0.39 is 0 Å². The zero-order chi connectivity index (χ0) is 20.1. The van der Waals surface area contributed by atoms with Gasteiger partial charge >= 0.3 is 0 Å². The third kappa shape index (κ3) is 4.67. The summed E-state index contributed by atoms with van der Waals surface area (Å²) in [6.45, 7) is 0.310. The van der Waals surface area contributed by atoms with Gasteiger partial charge in [0.1, 0.15) is 28.9 Å². The van der Waals surface area contributed by atoms with Crippen molar-refractivity contribution in [2.24, 2.45) is 0 Å². The molecule has 1 heterocycles. The van der Waals surface area contributed by atoms with Crippen molar-refractivity contribution in [2.75, 3.05) is 5.32 Å². The molecule has 144 valence electrons. The molecule has 0 atom stereocenters. The number of ether oxygens (including phenoxy) is 1. The Labute approximate surface area is 171 Å². The van der Waals surface area contributed by atoms with Crippen LogP contribution < -0.4 is 10.1 Å². The normalized spacial score (nSPS) is 10.5. The summed E-state index contributed by atoms with van der Waals surface area (Å²) in [6.07, 6.45) is 0. The second kappa shape index (κ2) is 8.67. The van der Waals surface area contributed by atoms with Gasteiger partial charge in [-0.05, 0) is 42.0 Å². The van der Waals surface area contributed by atoms with Crippen molar-refractivity contribution < 1.29 is 13.9 Å². The average Bonchev–Trinajstić information content (AvgIpc) is 3.25. The van der Waals surface area contributed by atoms with Gasteiger partial charge in [0.2, 0.25) is 0 Å². The fourth-order valence-electron chi connectivity index (χ4n) is 2.73. The number of amides is 1. The van der Waals surface area contributed by atoms with Gasteiger partial charge in [-0.25, -0.2) is 9.37 Å². The van der Waals surface area contributed by atoms with Crippen LogP contribution in [0.25, 0.3) is 10.6 Å². The molecule has 4 rings (SSSR count). The van der Waals surface area contributed by atoms with Crippen LogP contribution >= 0.6 is 11.3 Å². The molecule has 1 N–H and O–H groups in total. The van der Waals surface area contributed by atoms with Crippen molar-refractivity contribution in [2.45, 2.75) is 6.61 Å². The Kier molecular flexibility index (Phi) is 5.63. The van der Waals surface area contributed by atoms with E-state index in [2.05, 4.69) is 10.3 Å². The van der Waals surface area contributed by atoms with E-state index in [1.807, 2.05) is 54.6 Å². The van der Waals surface area contributed by atoms with Crippen LogP contribution in [0.1, 0.15) is 16.1 Å². The van der Waals surface area contributed by atoms with Crippen LogP contribution in [0.15, 0.2) is 84.2 Å². The number of nitrogens with one attached hydrogen (secondary N) is 1. The summed E-state index contributed by atoms with van der Waals surface area (Å²) in [7, 11) is 0. The maximum Gasteiger partial charge on any atom is 0.275 e. The number of hydrogen-bond donors (Lipinski definition) is 1. The molecule has 29 heavy (non-hydrogen) atoms. The Morgan fingerprint density at radius 3 is 2.48 bits per heavy atom. The van der Waals surface area contributed by atoms with Gasteiger partial charge in [-0.1, -0.05) is 42.5 Å². The zero-order valence-electron chi connectivity index (χ0n) is 15.3. The van der Waals surface area contributed by atoms with Gasteiger partial charge in [0.05, 0.1) is 5.56 Å². The minimum atomic E-state index is -0.279. The summed E-state index contributed by atoms with van der Waals surface area (Å²) in [5.41, 5.74) is 2.74. The molecule has 0 radical (unpaired) electrons. The lowest BCUT2D eigenvalue weighted by Gasteiger charge is -2.10. The largest absolute Gasteiger partial charge is 0.488 e. The molecule has 0 aliphatic carbocycles. The van der Waals surface area contributed by atoms with Crippen LogP contribution in [-0.2, 0) is 6.61 Å². The van der Waals surface area contributed by atoms with Crippen molar-refractivity contribution >= 4 is 22.9 Å². The highest BCUT2D eigenvalue weighted by Gasteiger charge is 2.15. The molecule has 4 aromatic rings. The van der Waals surface area contributed by atoms with Crippen molar-refractivity contribution in [3.63, 3.8) is 0 Å². The number of nitrogens with zero attached hydrogens (tertiary/aromatic N) is 1. The molecule has 0 fully saturated rings. The number of carbonyl (C=O) groups is 1. The third-order valence-corrected chi connectivity index (χ3v) is 5.07. The number of halogens is 1. The van der Waals surface area contributed by atoms with Crippen LogP contribution in [-0.4, -0.2) is 10.9 Å². The number of hydrogen-bond acceptors (Lipinski definition) is 4. The van der Waals surface area contributed by atoms with Crippen LogP contribution in [0.2, 0.25) is 0 Å². The summed E-state index contributed by atoms with van der Waals surface area (Å²) in [4.78, 5) is 16.9. The highest BCUT2D eigenvalue weighted by molar-refractivity contribution is 7.13. The number of carbonyl (C=O) groups excluding carboxylic acids is 1. The van der Waals surface area contributed by atoms with Gasteiger partial charge in [0, 0.05) is 11.1 Å². The highest BCUT2D eigenvalue weighted by Crippen LogP contribution is 2.32. The van der Waals surface area contributed by atoms with Gasteiger partial charge in [-0.2, -0.15) is 0 Å². The lowest BCUT2D eigenvalue weighted by atomic mass is 10.2. The Bertz CT molecular complexity index is 1110. The van der Waals surface area contributed by atoms with Gasteiger partial charge < -0.3 is 10.1 Å². The van der Waals surface area contributed by atoms with E-state index in [0.29, 0.717) is 23.1 Å². The second-order valence-corrected chi connectivity index (χ2v) is 7.13.